The number of carbonyl (C=O) groups is 3. The lowest BCUT2D eigenvalue weighted by Gasteiger charge is -2.25. The number of aryl methyl sites for hydroxylation is 2. The molecule has 0 atom stereocenters. The first-order chi connectivity index (χ1) is 14.3. The zero-order valence-corrected chi connectivity index (χ0v) is 17.7. The van der Waals surface area contributed by atoms with E-state index in [1.54, 1.807) is 18.0 Å². The maximum Gasteiger partial charge on any atom is 0.271 e. The second kappa shape index (κ2) is 8.90. The number of rotatable bonds is 5. The van der Waals surface area contributed by atoms with Crippen LogP contribution >= 0.6 is 0 Å². The highest BCUT2D eigenvalue weighted by Crippen LogP contribution is 2.26. The van der Waals surface area contributed by atoms with Crippen LogP contribution in [0.2, 0.25) is 0 Å². The first-order valence-electron chi connectivity index (χ1n) is 9.85. The van der Waals surface area contributed by atoms with Crippen LogP contribution in [0.1, 0.15) is 36.5 Å². The molecule has 0 saturated carbocycles. The van der Waals surface area contributed by atoms with Crippen molar-refractivity contribution in [1.82, 2.24) is 4.90 Å². The zero-order chi connectivity index (χ0) is 21.8. The predicted octanol–water partition coefficient (Wildman–Crippen LogP) is 3.40. The molecule has 7 nitrogen and oxygen atoms in total. The van der Waals surface area contributed by atoms with E-state index in [1.165, 1.54) is 11.9 Å². The molecule has 1 N–H and O–H groups in total. The summed E-state index contributed by atoms with van der Waals surface area (Å²) in [6.07, 6.45) is 0.496. The van der Waals surface area contributed by atoms with Crippen LogP contribution in [0, 0.1) is 13.8 Å². The van der Waals surface area contributed by atoms with Gasteiger partial charge in [-0.25, -0.2) is 5.01 Å². The lowest BCUT2D eigenvalue weighted by Crippen LogP contribution is -2.36. The Morgan fingerprint density at radius 3 is 2.60 bits per heavy atom. The molecule has 2 aromatic carbocycles. The van der Waals surface area contributed by atoms with E-state index in [0.717, 1.165) is 16.7 Å². The second-order valence-electron chi connectivity index (χ2n) is 7.53. The highest BCUT2D eigenvalue weighted by Gasteiger charge is 2.27. The van der Waals surface area contributed by atoms with Crippen molar-refractivity contribution in [3.8, 4) is 0 Å². The van der Waals surface area contributed by atoms with E-state index in [9.17, 15) is 14.4 Å². The summed E-state index contributed by atoms with van der Waals surface area (Å²) < 4.78 is 0. The molecule has 0 radical (unpaired) electrons. The van der Waals surface area contributed by atoms with Crippen LogP contribution in [0.3, 0.4) is 0 Å². The Morgan fingerprint density at radius 1 is 1.13 bits per heavy atom. The zero-order valence-electron chi connectivity index (χ0n) is 17.7. The summed E-state index contributed by atoms with van der Waals surface area (Å²) >= 11 is 0. The monoisotopic (exact) mass is 406 g/mol. The quantitative estimate of drug-likeness (QED) is 0.826. The number of benzene rings is 2. The molecule has 3 rings (SSSR count). The van der Waals surface area contributed by atoms with Gasteiger partial charge in [0, 0.05) is 39.0 Å². The van der Waals surface area contributed by atoms with E-state index >= 15 is 0 Å². The van der Waals surface area contributed by atoms with Crippen molar-refractivity contribution < 1.29 is 14.4 Å². The van der Waals surface area contributed by atoms with Crippen LogP contribution in [0.25, 0.3) is 0 Å². The second-order valence-corrected chi connectivity index (χ2v) is 7.53. The average Bonchev–Trinajstić information content (AvgIpc) is 2.71. The molecule has 156 valence electrons. The Balaban J connectivity index is 1.84. The fourth-order valence-electron chi connectivity index (χ4n) is 3.19. The highest BCUT2D eigenvalue weighted by atomic mass is 16.2. The normalized spacial score (nSPS) is 13.7. The largest absolute Gasteiger partial charge is 0.342 e. The Morgan fingerprint density at radius 2 is 1.87 bits per heavy atom. The summed E-state index contributed by atoms with van der Waals surface area (Å²) in [5, 5.41) is 8.60. The summed E-state index contributed by atoms with van der Waals surface area (Å²) in [5.74, 6) is -0.546. The van der Waals surface area contributed by atoms with Gasteiger partial charge in [-0.05, 0) is 42.7 Å². The molecule has 2 aromatic rings. The standard InChI is InChI=1S/C23H26N4O3/c1-15-9-10-16(2)21(13-15)27-22(29)12-11-20(25-27)23(30)24-19-8-6-5-7-18(19)14-26(4)17(3)28/h5-10,13H,11-12,14H2,1-4H3,(H,24,30). The first kappa shape index (κ1) is 21.2. The molecule has 1 aliphatic heterocycles. The molecule has 0 spiro atoms. The molecule has 3 amide bonds. The van der Waals surface area contributed by atoms with Gasteiger partial charge in [0.25, 0.3) is 5.91 Å². The molecule has 1 heterocycles. The van der Waals surface area contributed by atoms with Crippen molar-refractivity contribution in [3.63, 3.8) is 0 Å². The molecule has 0 aliphatic carbocycles. The summed E-state index contributed by atoms with van der Waals surface area (Å²) in [7, 11) is 1.71. The van der Waals surface area contributed by atoms with Gasteiger partial charge < -0.3 is 10.2 Å². The van der Waals surface area contributed by atoms with E-state index in [-0.39, 0.29) is 30.6 Å². The lowest BCUT2D eigenvalue weighted by molar-refractivity contribution is -0.128. The van der Waals surface area contributed by atoms with Gasteiger partial charge in [0.1, 0.15) is 5.71 Å². The number of carbonyl (C=O) groups excluding carboxylic acids is 3. The number of hydrogen-bond acceptors (Lipinski definition) is 4. The van der Waals surface area contributed by atoms with Crippen molar-refractivity contribution in [3.05, 3.63) is 59.2 Å². The Bertz CT molecular complexity index is 1030. The molecule has 30 heavy (non-hydrogen) atoms. The van der Waals surface area contributed by atoms with Gasteiger partial charge in [0.15, 0.2) is 0 Å². The third kappa shape index (κ3) is 4.74. The number of nitrogens with zero attached hydrogens (tertiary/aromatic N) is 3. The summed E-state index contributed by atoms with van der Waals surface area (Å²) in [5.41, 5.74) is 4.35. The molecular weight excluding hydrogens is 380 g/mol. The van der Waals surface area contributed by atoms with E-state index in [1.807, 2.05) is 50.2 Å². The molecule has 0 fully saturated rings. The molecule has 0 bridgehead atoms. The topological polar surface area (TPSA) is 82.1 Å². The number of hydrogen-bond donors (Lipinski definition) is 1. The molecule has 7 heteroatoms. The van der Waals surface area contributed by atoms with Crippen LogP contribution in [0.5, 0.6) is 0 Å². The third-order valence-electron chi connectivity index (χ3n) is 5.10. The maximum atomic E-state index is 12.9. The van der Waals surface area contributed by atoms with Crippen LogP contribution in [-0.2, 0) is 20.9 Å². The molecule has 0 saturated heterocycles. The average molecular weight is 406 g/mol. The smallest absolute Gasteiger partial charge is 0.271 e. The maximum absolute atomic E-state index is 12.9. The van der Waals surface area contributed by atoms with Crippen LogP contribution in [-0.4, -0.2) is 35.4 Å². The van der Waals surface area contributed by atoms with Crippen LogP contribution in [0.4, 0.5) is 11.4 Å². The van der Waals surface area contributed by atoms with Crippen molar-refractivity contribution in [1.29, 1.82) is 0 Å². The third-order valence-corrected chi connectivity index (χ3v) is 5.10. The fourth-order valence-corrected chi connectivity index (χ4v) is 3.19. The van der Waals surface area contributed by atoms with Gasteiger partial charge >= 0.3 is 0 Å². The minimum atomic E-state index is -0.351. The Kier molecular flexibility index (Phi) is 6.30. The van der Waals surface area contributed by atoms with Gasteiger partial charge in [0.05, 0.1) is 5.69 Å². The summed E-state index contributed by atoms with van der Waals surface area (Å²) in [6.45, 7) is 5.74. The van der Waals surface area contributed by atoms with Crippen LogP contribution in [0.15, 0.2) is 47.6 Å². The molecule has 1 aliphatic rings. The number of para-hydroxylation sites is 1. The highest BCUT2D eigenvalue weighted by molar-refractivity contribution is 6.44. The lowest BCUT2D eigenvalue weighted by atomic mass is 10.1. The van der Waals surface area contributed by atoms with Crippen LogP contribution < -0.4 is 10.3 Å². The van der Waals surface area contributed by atoms with Gasteiger partial charge in [-0.2, -0.15) is 5.10 Å². The van der Waals surface area contributed by atoms with E-state index in [0.29, 0.717) is 23.6 Å². The van der Waals surface area contributed by atoms with E-state index < -0.39 is 0 Å². The van der Waals surface area contributed by atoms with Crippen molar-refractivity contribution in [2.24, 2.45) is 5.10 Å². The van der Waals surface area contributed by atoms with Gasteiger partial charge in [-0.1, -0.05) is 30.3 Å². The molecule has 0 unspecified atom stereocenters. The van der Waals surface area contributed by atoms with E-state index in [2.05, 4.69) is 10.4 Å². The summed E-state index contributed by atoms with van der Waals surface area (Å²) in [6, 6.07) is 13.1. The van der Waals surface area contributed by atoms with Crippen molar-refractivity contribution >= 4 is 34.8 Å². The summed E-state index contributed by atoms with van der Waals surface area (Å²) in [4.78, 5) is 38.5. The minimum absolute atomic E-state index is 0.0598. The van der Waals surface area contributed by atoms with Crippen molar-refractivity contribution in [2.45, 2.75) is 40.2 Å². The first-order valence-corrected chi connectivity index (χ1v) is 9.85. The number of anilines is 2. The molecule has 0 aromatic heterocycles. The van der Waals surface area contributed by atoms with Crippen molar-refractivity contribution in [2.75, 3.05) is 17.4 Å². The fraction of sp³-hybridized carbons (Fsp3) is 0.304. The number of amides is 3. The Hall–Kier alpha value is -3.48. The van der Waals surface area contributed by atoms with E-state index in [4.69, 9.17) is 0 Å². The molecular formula is C23H26N4O3. The van der Waals surface area contributed by atoms with Gasteiger partial charge in [-0.3, -0.25) is 14.4 Å². The van der Waals surface area contributed by atoms with Gasteiger partial charge in [-0.15, -0.1) is 0 Å². The number of hydrazone groups is 1. The Labute approximate surface area is 176 Å². The SMILES string of the molecule is CC(=O)N(C)Cc1ccccc1NC(=O)C1=NN(c2cc(C)ccc2C)C(=O)CC1. The number of nitrogens with one attached hydrogen (secondary N) is 1. The van der Waals surface area contributed by atoms with Gasteiger partial charge in [0.2, 0.25) is 11.8 Å². The predicted molar refractivity (Wildman–Crippen MR) is 117 cm³/mol. The minimum Gasteiger partial charge on any atom is -0.342 e.